The highest BCUT2D eigenvalue weighted by Gasteiger charge is 2.02. The van der Waals surface area contributed by atoms with Gasteiger partial charge in [-0.2, -0.15) is 0 Å². The number of anilines is 1. The lowest BCUT2D eigenvalue weighted by Gasteiger charge is -2.06. The van der Waals surface area contributed by atoms with Gasteiger partial charge in [-0.15, -0.1) is 11.3 Å². The molecule has 6 nitrogen and oxygen atoms in total. The van der Waals surface area contributed by atoms with Gasteiger partial charge in [-0.05, 0) is 12.5 Å². The van der Waals surface area contributed by atoms with Gasteiger partial charge < -0.3 is 9.88 Å². The molecule has 0 aromatic carbocycles. The minimum atomic E-state index is -0.282. The highest BCUT2D eigenvalue weighted by Crippen LogP contribution is 2.09. The summed E-state index contributed by atoms with van der Waals surface area (Å²) in [5.41, 5.74) is -0.0327. The molecule has 7 heteroatoms. The molecule has 0 saturated heterocycles. The topological polar surface area (TPSA) is 76.0 Å². The van der Waals surface area contributed by atoms with Crippen molar-refractivity contribution in [1.82, 2.24) is 14.9 Å². The van der Waals surface area contributed by atoms with Gasteiger partial charge in [0.1, 0.15) is 0 Å². The average Bonchev–Trinajstić information content (AvgIpc) is 2.89. The van der Waals surface area contributed by atoms with Crippen molar-refractivity contribution in [2.24, 2.45) is 0 Å². The van der Waals surface area contributed by atoms with Crippen molar-refractivity contribution in [2.45, 2.75) is 13.0 Å². The number of carbonyl (C=O) groups excluding carboxylic acids is 1. The Kier molecular flexibility index (Phi) is 4.68. The second kappa shape index (κ2) is 6.69. The third kappa shape index (κ3) is 4.22. The first kappa shape index (κ1) is 13.3. The number of pyridine rings is 1. The van der Waals surface area contributed by atoms with E-state index in [0.717, 1.165) is 0 Å². The van der Waals surface area contributed by atoms with Crippen LogP contribution in [0, 0.1) is 0 Å². The Morgan fingerprint density at radius 3 is 3.05 bits per heavy atom. The fourth-order valence-corrected chi connectivity index (χ4v) is 2.05. The second-order valence-corrected chi connectivity index (χ2v) is 4.70. The van der Waals surface area contributed by atoms with E-state index in [1.807, 2.05) is 6.07 Å². The minimum absolute atomic E-state index is 0.0327. The minimum Gasteiger partial charge on any atom is -0.338 e. The first-order chi connectivity index (χ1) is 9.25. The second-order valence-electron chi connectivity index (χ2n) is 3.80. The first-order valence-electron chi connectivity index (χ1n) is 5.85. The molecule has 100 valence electrons. The van der Waals surface area contributed by atoms with Crippen LogP contribution in [0.25, 0.3) is 0 Å². The summed E-state index contributed by atoms with van der Waals surface area (Å²) in [6.45, 7) is 1.08. The van der Waals surface area contributed by atoms with Gasteiger partial charge in [0.05, 0.1) is 0 Å². The van der Waals surface area contributed by atoms with Crippen molar-refractivity contribution in [2.75, 3.05) is 11.9 Å². The van der Waals surface area contributed by atoms with Gasteiger partial charge in [-0.3, -0.25) is 10.1 Å². The molecule has 0 aliphatic carbocycles. The highest BCUT2D eigenvalue weighted by atomic mass is 32.1. The zero-order valence-electron chi connectivity index (χ0n) is 10.2. The summed E-state index contributed by atoms with van der Waals surface area (Å²) in [4.78, 5) is 26.8. The molecule has 2 aromatic rings. The van der Waals surface area contributed by atoms with Crippen LogP contribution in [0.15, 0.2) is 40.8 Å². The number of amides is 2. The smallest absolute Gasteiger partial charge is 0.321 e. The average molecular weight is 278 g/mol. The Morgan fingerprint density at radius 1 is 1.42 bits per heavy atom. The van der Waals surface area contributed by atoms with Crippen LogP contribution in [0.5, 0.6) is 0 Å². The van der Waals surface area contributed by atoms with Crippen LogP contribution in [0.1, 0.15) is 6.42 Å². The summed E-state index contributed by atoms with van der Waals surface area (Å²) in [5, 5.41) is 7.69. The molecule has 0 fully saturated rings. The molecule has 0 saturated carbocycles. The van der Waals surface area contributed by atoms with Gasteiger partial charge >= 0.3 is 6.03 Å². The molecule has 0 atom stereocenters. The number of hydrogen-bond donors (Lipinski definition) is 2. The number of urea groups is 1. The van der Waals surface area contributed by atoms with E-state index in [0.29, 0.717) is 24.6 Å². The van der Waals surface area contributed by atoms with E-state index in [9.17, 15) is 9.59 Å². The van der Waals surface area contributed by atoms with Crippen LogP contribution in [0.3, 0.4) is 0 Å². The van der Waals surface area contributed by atoms with Crippen LogP contribution in [-0.2, 0) is 6.54 Å². The monoisotopic (exact) mass is 278 g/mol. The molecule has 0 bridgehead atoms. The van der Waals surface area contributed by atoms with Crippen LogP contribution < -0.4 is 16.2 Å². The van der Waals surface area contributed by atoms with Crippen molar-refractivity contribution in [1.29, 1.82) is 0 Å². The van der Waals surface area contributed by atoms with E-state index in [1.54, 1.807) is 28.4 Å². The SMILES string of the molecule is O=C(NCCCn1ccccc1=O)Nc1nccs1. The molecule has 2 amide bonds. The molecular weight excluding hydrogens is 264 g/mol. The summed E-state index contributed by atoms with van der Waals surface area (Å²) in [5.74, 6) is 0. The van der Waals surface area contributed by atoms with Gasteiger partial charge in [-0.25, -0.2) is 9.78 Å². The number of nitrogens with one attached hydrogen (secondary N) is 2. The Labute approximate surface area is 114 Å². The molecule has 0 spiro atoms. The molecule has 2 heterocycles. The molecule has 0 aliphatic rings. The third-order valence-corrected chi connectivity index (χ3v) is 3.10. The molecule has 2 aromatic heterocycles. The van der Waals surface area contributed by atoms with Gasteiger partial charge in [0.15, 0.2) is 5.13 Å². The van der Waals surface area contributed by atoms with Crippen LogP contribution in [0.4, 0.5) is 9.93 Å². The predicted molar refractivity (Wildman–Crippen MR) is 74.5 cm³/mol. The lowest BCUT2D eigenvalue weighted by Crippen LogP contribution is -2.30. The van der Waals surface area contributed by atoms with E-state index in [2.05, 4.69) is 15.6 Å². The summed E-state index contributed by atoms with van der Waals surface area (Å²) in [7, 11) is 0. The van der Waals surface area contributed by atoms with E-state index in [-0.39, 0.29) is 11.6 Å². The van der Waals surface area contributed by atoms with Gasteiger partial charge in [0, 0.05) is 36.9 Å². The van der Waals surface area contributed by atoms with Crippen molar-refractivity contribution in [3.8, 4) is 0 Å². The number of hydrogen-bond acceptors (Lipinski definition) is 4. The molecule has 19 heavy (non-hydrogen) atoms. The summed E-state index contributed by atoms with van der Waals surface area (Å²) < 4.78 is 1.61. The van der Waals surface area contributed by atoms with E-state index >= 15 is 0 Å². The molecule has 0 radical (unpaired) electrons. The Balaban J connectivity index is 1.68. The Morgan fingerprint density at radius 2 is 2.32 bits per heavy atom. The van der Waals surface area contributed by atoms with Crippen molar-refractivity contribution in [3.05, 3.63) is 46.3 Å². The number of carbonyl (C=O) groups is 1. The van der Waals surface area contributed by atoms with Gasteiger partial charge in [-0.1, -0.05) is 6.07 Å². The zero-order chi connectivity index (χ0) is 13.5. The third-order valence-electron chi connectivity index (χ3n) is 2.41. The standard InChI is InChI=1S/C12H14N4O2S/c17-10-4-1-2-7-16(10)8-3-5-13-11(18)15-12-14-6-9-19-12/h1-2,4,6-7,9H,3,5,8H2,(H2,13,14,15,18). The predicted octanol–water partition coefficient (Wildman–Crippen LogP) is 1.52. The number of thiazole rings is 1. The lowest BCUT2D eigenvalue weighted by atomic mass is 10.4. The van der Waals surface area contributed by atoms with Crippen molar-refractivity contribution >= 4 is 22.5 Å². The van der Waals surface area contributed by atoms with Crippen LogP contribution in [-0.4, -0.2) is 22.1 Å². The molecule has 0 aliphatic heterocycles. The van der Waals surface area contributed by atoms with Crippen molar-refractivity contribution < 1.29 is 4.79 Å². The number of aryl methyl sites for hydroxylation is 1. The quantitative estimate of drug-likeness (QED) is 0.814. The van der Waals surface area contributed by atoms with Gasteiger partial charge in [0.2, 0.25) is 5.56 Å². The fraction of sp³-hybridized carbons (Fsp3) is 0.250. The van der Waals surface area contributed by atoms with E-state index in [1.165, 1.54) is 17.4 Å². The maximum Gasteiger partial charge on any atom is 0.321 e. The Hall–Kier alpha value is -2.15. The lowest BCUT2D eigenvalue weighted by molar-refractivity contribution is 0.252. The highest BCUT2D eigenvalue weighted by molar-refractivity contribution is 7.13. The van der Waals surface area contributed by atoms with Crippen LogP contribution in [0.2, 0.25) is 0 Å². The van der Waals surface area contributed by atoms with E-state index in [4.69, 9.17) is 0 Å². The molecule has 0 unspecified atom stereocenters. The number of nitrogens with zero attached hydrogens (tertiary/aromatic N) is 2. The normalized spacial score (nSPS) is 10.1. The molecule has 2 N–H and O–H groups in total. The largest absolute Gasteiger partial charge is 0.338 e. The van der Waals surface area contributed by atoms with Gasteiger partial charge in [0.25, 0.3) is 0 Å². The van der Waals surface area contributed by atoms with E-state index < -0.39 is 0 Å². The Bertz CT molecular complexity index is 579. The summed E-state index contributed by atoms with van der Waals surface area (Å²) in [6, 6.07) is 4.75. The van der Waals surface area contributed by atoms with Crippen molar-refractivity contribution in [3.63, 3.8) is 0 Å². The molecule has 2 rings (SSSR count). The zero-order valence-corrected chi connectivity index (χ0v) is 11.0. The first-order valence-corrected chi connectivity index (χ1v) is 6.73. The molecular formula is C12H14N4O2S. The maximum absolute atomic E-state index is 11.5. The maximum atomic E-state index is 11.5. The number of aromatic nitrogens is 2. The fourth-order valence-electron chi connectivity index (χ4n) is 1.52. The number of rotatable bonds is 5. The summed E-state index contributed by atoms with van der Waals surface area (Å²) in [6.07, 6.45) is 4.05. The summed E-state index contributed by atoms with van der Waals surface area (Å²) >= 11 is 1.36. The van der Waals surface area contributed by atoms with Crippen LogP contribution >= 0.6 is 11.3 Å².